The fraction of sp³-hybridized carbons (Fsp3) is 0.538. The van der Waals surface area contributed by atoms with Crippen LogP contribution in [0.5, 0.6) is 0 Å². The third-order valence-electron chi connectivity index (χ3n) is 3.78. The summed E-state index contributed by atoms with van der Waals surface area (Å²) in [6, 6.07) is 2.09. The molecule has 2 aliphatic carbocycles. The number of rotatable bonds is 2. The highest BCUT2D eigenvalue weighted by molar-refractivity contribution is 5.24. The maximum Gasteiger partial charge on any atom is 0.125 e. The van der Waals surface area contributed by atoms with Crippen LogP contribution in [0.3, 0.4) is 0 Å². The summed E-state index contributed by atoms with van der Waals surface area (Å²) in [6.45, 7) is 2.46. The molecule has 2 aliphatic rings. The predicted octanol–water partition coefficient (Wildman–Crippen LogP) is 1.92. The molecular weight excluding hydrogens is 198 g/mol. The van der Waals surface area contributed by atoms with Crippen molar-refractivity contribution >= 4 is 0 Å². The normalized spacial score (nSPS) is 31.2. The zero-order valence-corrected chi connectivity index (χ0v) is 9.56. The van der Waals surface area contributed by atoms with Gasteiger partial charge < -0.3 is 5.73 Å². The lowest BCUT2D eigenvalue weighted by Crippen LogP contribution is -2.11. The van der Waals surface area contributed by atoms with E-state index < -0.39 is 0 Å². The molecule has 0 aromatic carbocycles. The first-order valence-corrected chi connectivity index (χ1v) is 5.99. The lowest BCUT2D eigenvalue weighted by Gasteiger charge is -2.18. The lowest BCUT2D eigenvalue weighted by molar-refractivity contribution is 0.565. The first-order valence-electron chi connectivity index (χ1n) is 5.99. The third-order valence-corrected chi connectivity index (χ3v) is 3.78. The van der Waals surface area contributed by atoms with Crippen molar-refractivity contribution in [2.24, 2.45) is 17.6 Å². The molecule has 1 saturated carbocycles. The van der Waals surface area contributed by atoms with Gasteiger partial charge >= 0.3 is 0 Å². The highest BCUT2D eigenvalue weighted by Crippen LogP contribution is 2.48. The van der Waals surface area contributed by atoms with Crippen molar-refractivity contribution in [1.82, 2.24) is 9.97 Å². The van der Waals surface area contributed by atoms with E-state index in [-0.39, 0.29) is 0 Å². The van der Waals surface area contributed by atoms with Gasteiger partial charge in [-0.2, -0.15) is 0 Å². The van der Waals surface area contributed by atoms with Crippen molar-refractivity contribution in [3.8, 4) is 0 Å². The Labute approximate surface area is 95.8 Å². The third kappa shape index (κ3) is 1.55. The van der Waals surface area contributed by atoms with E-state index in [2.05, 4.69) is 28.2 Å². The number of fused-ring (bicyclic) bond motifs is 2. The number of nitrogens with two attached hydrogens (primary N) is 1. The van der Waals surface area contributed by atoms with Gasteiger partial charge in [0.2, 0.25) is 0 Å². The van der Waals surface area contributed by atoms with Crippen LogP contribution in [0.4, 0.5) is 0 Å². The minimum Gasteiger partial charge on any atom is -0.325 e. The summed E-state index contributed by atoms with van der Waals surface area (Å²) < 4.78 is 0. The maximum atomic E-state index is 5.66. The zero-order chi connectivity index (χ0) is 11.1. The van der Waals surface area contributed by atoms with Crippen LogP contribution in [0, 0.1) is 18.8 Å². The number of aryl methyl sites for hydroxylation is 1. The van der Waals surface area contributed by atoms with Gasteiger partial charge in [0.1, 0.15) is 5.82 Å². The quantitative estimate of drug-likeness (QED) is 0.767. The summed E-state index contributed by atoms with van der Waals surface area (Å²) in [6.07, 6.45) is 7.28. The molecule has 1 heterocycles. The van der Waals surface area contributed by atoms with E-state index in [0.29, 0.717) is 18.4 Å². The Morgan fingerprint density at radius 3 is 2.81 bits per heavy atom. The van der Waals surface area contributed by atoms with Crippen molar-refractivity contribution in [2.75, 3.05) is 0 Å². The smallest absolute Gasteiger partial charge is 0.125 e. The van der Waals surface area contributed by atoms with E-state index in [1.54, 1.807) is 0 Å². The van der Waals surface area contributed by atoms with E-state index in [4.69, 9.17) is 5.73 Å². The Bertz CT molecular complexity index is 439. The van der Waals surface area contributed by atoms with Crippen LogP contribution in [0.25, 0.3) is 0 Å². The van der Waals surface area contributed by atoms with E-state index in [9.17, 15) is 0 Å². The molecule has 0 unspecified atom stereocenters. The van der Waals surface area contributed by atoms with Crippen LogP contribution in [0.15, 0.2) is 18.2 Å². The second-order valence-corrected chi connectivity index (χ2v) is 4.92. The molecule has 2 N–H and O–H groups in total. The number of nitrogens with zero attached hydrogens (tertiary/aromatic N) is 2. The van der Waals surface area contributed by atoms with E-state index >= 15 is 0 Å². The van der Waals surface area contributed by atoms with E-state index in [1.807, 2.05) is 6.92 Å². The van der Waals surface area contributed by atoms with Crippen molar-refractivity contribution < 1.29 is 0 Å². The van der Waals surface area contributed by atoms with Gasteiger partial charge in [-0.3, -0.25) is 0 Å². The monoisotopic (exact) mass is 215 g/mol. The Balaban J connectivity index is 1.94. The molecule has 0 radical (unpaired) electrons. The molecule has 0 saturated heterocycles. The van der Waals surface area contributed by atoms with Crippen LogP contribution in [0.2, 0.25) is 0 Å². The molecule has 1 fully saturated rings. The van der Waals surface area contributed by atoms with Gasteiger partial charge in [0.25, 0.3) is 0 Å². The summed E-state index contributed by atoms with van der Waals surface area (Å²) in [5, 5.41) is 0. The molecule has 84 valence electrons. The molecule has 0 amide bonds. The number of aromatic nitrogens is 2. The van der Waals surface area contributed by atoms with E-state index in [1.165, 1.54) is 18.5 Å². The van der Waals surface area contributed by atoms with Gasteiger partial charge in [-0.15, -0.1) is 0 Å². The second-order valence-electron chi connectivity index (χ2n) is 4.92. The number of hydrogen-bond acceptors (Lipinski definition) is 3. The van der Waals surface area contributed by atoms with Crippen molar-refractivity contribution in [1.29, 1.82) is 0 Å². The van der Waals surface area contributed by atoms with Crippen molar-refractivity contribution in [2.45, 2.75) is 32.2 Å². The Morgan fingerprint density at radius 2 is 2.19 bits per heavy atom. The van der Waals surface area contributed by atoms with Crippen LogP contribution in [-0.4, -0.2) is 9.97 Å². The van der Waals surface area contributed by atoms with Crippen LogP contribution < -0.4 is 5.73 Å². The Kier molecular flexibility index (Phi) is 2.28. The summed E-state index contributed by atoms with van der Waals surface area (Å²) in [5.74, 6) is 2.93. The van der Waals surface area contributed by atoms with E-state index in [0.717, 1.165) is 17.4 Å². The topological polar surface area (TPSA) is 51.8 Å². The van der Waals surface area contributed by atoms with Gasteiger partial charge in [-0.1, -0.05) is 12.2 Å². The highest BCUT2D eigenvalue weighted by atomic mass is 14.9. The summed E-state index contributed by atoms with van der Waals surface area (Å²) in [7, 11) is 0. The standard InChI is InChI=1S/C13H17N3/c1-8-15-11(7-14)6-13(16-8)12-5-9-2-3-10(12)4-9/h2-3,6,9-10,12H,4-5,7,14H2,1H3/t9-,10-,12-/m0/s1. The molecule has 3 rings (SSSR count). The fourth-order valence-corrected chi connectivity index (χ4v) is 3.07. The molecule has 3 heteroatoms. The molecule has 0 aliphatic heterocycles. The molecular formula is C13H17N3. The van der Waals surface area contributed by atoms with Gasteiger partial charge in [0.05, 0.1) is 5.69 Å². The summed E-state index contributed by atoms with van der Waals surface area (Å²) >= 11 is 0. The number of hydrogen-bond donors (Lipinski definition) is 1. The molecule has 1 aromatic rings. The summed E-state index contributed by atoms with van der Waals surface area (Å²) in [4.78, 5) is 8.91. The van der Waals surface area contributed by atoms with Crippen molar-refractivity contribution in [3.63, 3.8) is 0 Å². The van der Waals surface area contributed by atoms with Crippen molar-refractivity contribution in [3.05, 3.63) is 35.4 Å². The SMILES string of the molecule is Cc1nc(CN)cc([C@H]2C[C@H]3C=C[C@H]2C3)n1. The molecule has 1 aromatic heterocycles. The average Bonchev–Trinajstić information content (AvgIpc) is 2.89. The minimum absolute atomic E-state index is 0.507. The first-order chi connectivity index (χ1) is 7.76. The molecule has 3 atom stereocenters. The van der Waals surface area contributed by atoms with Gasteiger partial charge in [0.15, 0.2) is 0 Å². The predicted molar refractivity (Wildman–Crippen MR) is 62.8 cm³/mol. The highest BCUT2D eigenvalue weighted by Gasteiger charge is 2.37. The minimum atomic E-state index is 0.507. The maximum absolute atomic E-state index is 5.66. The molecule has 16 heavy (non-hydrogen) atoms. The first kappa shape index (κ1) is 9.97. The van der Waals surface area contributed by atoms with Crippen LogP contribution in [-0.2, 0) is 6.54 Å². The Morgan fingerprint density at radius 1 is 1.31 bits per heavy atom. The van der Waals surface area contributed by atoms with Crippen LogP contribution in [0.1, 0.15) is 36.0 Å². The largest absolute Gasteiger partial charge is 0.325 e. The second kappa shape index (κ2) is 3.67. The summed E-state index contributed by atoms with van der Waals surface area (Å²) in [5.41, 5.74) is 7.82. The molecule has 3 nitrogen and oxygen atoms in total. The zero-order valence-electron chi connectivity index (χ0n) is 9.56. The Hall–Kier alpha value is -1.22. The van der Waals surface area contributed by atoms with Gasteiger partial charge in [-0.25, -0.2) is 9.97 Å². The lowest BCUT2D eigenvalue weighted by atomic mass is 9.90. The molecule has 2 bridgehead atoms. The van der Waals surface area contributed by atoms with Gasteiger partial charge in [-0.05, 0) is 37.7 Å². The number of allylic oxidation sites excluding steroid dienone is 2. The fourth-order valence-electron chi connectivity index (χ4n) is 3.07. The van der Waals surface area contributed by atoms with Crippen LogP contribution >= 0.6 is 0 Å². The van der Waals surface area contributed by atoms with Gasteiger partial charge in [0, 0.05) is 18.2 Å². The molecule has 0 spiro atoms. The average molecular weight is 215 g/mol.